The summed E-state index contributed by atoms with van der Waals surface area (Å²) in [6, 6.07) is 5.11. The highest BCUT2D eigenvalue weighted by atomic mass is 16.4. The van der Waals surface area contributed by atoms with E-state index in [0.29, 0.717) is 16.7 Å². The van der Waals surface area contributed by atoms with Gasteiger partial charge in [0.15, 0.2) is 5.58 Å². The second-order valence-corrected chi connectivity index (χ2v) is 3.79. The Morgan fingerprint density at radius 3 is 2.82 bits per heavy atom. The van der Waals surface area contributed by atoms with Gasteiger partial charge in [-0.15, -0.1) is 0 Å². The summed E-state index contributed by atoms with van der Waals surface area (Å²) in [6.45, 7) is 1.51. The molecule has 0 bridgehead atoms. The molecule has 0 radical (unpaired) electrons. The topological polar surface area (TPSA) is 72.4 Å². The van der Waals surface area contributed by atoms with E-state index in [1.807, 2.05) is 0 Å². The first-order chi connectivity index (χ1) is 7.99. The number of hydrogen-bond acceptors (Lipinski definition) is 3. The van der Waals surface area contributed by atoms with Gasteiger partial charge in [-0.1, -0.05) is 6.07 Å². The summed E-state index contributed by atoms with van der Waals surface area (Å²) in [5.74, 6) is -1.41. The molecule has 0 spiro atoms. The molecule has 0 aliphatic rings. The van der Waals surface area contributed by atoms with Crippen molar-refractivity contribution in [1.82, 2.24) is 4.57 Å². The molecule has 0 amide bonds. The number of fused-ring (bicyclic) bond motifs is 1. The molecule has 0 unspecified atom stereocenters. The van der Waals surface area contributed by atoms with Crippen LogP contribution in [-0.2, 0) is 11.8 Å². The molecule has 2 rings (SSSR count). The maximum absolute atomic E-state index is 11.3. The first-order valence-corrected chi connectivity index (χ1v) is 5.00. The standard InChI is InChI=1S/C12H11NO4/c1-7(11(14)15)5-8-3-4-9-10(6-8)17-12(16)13(9)2/h3-6H,1-2H3,(H,14,15)/b7-5+. The fourth-order valence-electron chi connectivity index (χ4n) is 1.55. The molecule has 0 saturated heterocycles. The van der Waals surface area contributed by atoms with Gasteiger partial charge >= 0.3 is 11.7 Å². The number of aryl methyl sites for hydroxylation is 1. The van der Waals surface area contributed by atoms with Crippen molar-refractivity contribution in [2.24, 2.45) is 7.05 Å². The average Bonchev–Trinajstić information content (AvgIpc) is 2.54. The van der Waals surface area contributed by atoms with Crippen LogP contribution in [0.25, 0.3) is 17.2 Å². The third-order valence-electron chi connectivity index (χ3n) is 2.54. The Morgan fingerprint density at radius 1 is 1.47 bits per heavy atom. The predicted octanol–water partition coefficient (Wildman–Crippen LogP) is 1.62. The van der Waals surface area contributed by atoms with Crippen LogP contribution in [0.1, 0.15) is 12.5 Å². The summed E-state index contributed by atoms with van der Waals surface area (Å²) in [4.78, 5) is 21.9. The maximum Gasteiger partial charge on any atom is 0.419 e. The summed E-state index contributed by atoms with van der Waals surface area (Å²) in [6.07, 6.45) is 1.52. The zero-order valence-electron chi connectivity index (χ0n) is 9.43. The van der Waals surface area contributed by atoms with Gasteiger partial charge in [-0.3, -0.25) is 4.57 Å². The molecule has 1 heterocycles. The van der Waals surface area contributed by atoms with Crippen LogP contribution in [0, 0.1) is 0 Å². The summed E-state index contributed by atoms with van der Waals surface area (Å²) in [7, 11) is 1.62. The van der Waals surface area contributed by atoms with Crippen molar-refractivity contribution in [3.8, 4) is 0 Å². The summed E-state index contributed by atoms with van der Waals surface area (Å²) >= 11 is 0. The molecule has 0 fully saturated rings. The molecule has 2 aromatic rings. The Balaban J connectivity index is 2.56. The van der Waals surface area contributed by atoms with Crippen molar-refractivity contribution in [3.05, 3.63) is 39.9 Å². The van der Waals surface area contributed by atoms with Crippen molar-refractivity contribution in [2.45, 2.75) is 6.92 Å². The zero-order valence-corrected chi connectivity index (χ0v) is 9.43. The SMILES string of the molecule is C/C(=C\c1ccc2c(c1)oc(=O)n2C)C(=O)O. The monoisotopic (exact) mass is 233 g/mol. The van der Waals surface area contributed by atoms with E-state index in [0.717, 1.165) is 0 Å². The van der Waals surface area contributed by atoms with Gasteiger partial charge in [0.25, 0.3) is 0 Å². The van der Waals surface area contributed by atoms with Crippen molar-refractivity contribution in [2.75, 3.05) is 0 Å². The van der Waals surface area contributed by atoms with E-state index in [1.54, 1.807) is 25.2 Å². The van der Waals surface area contributed by atoms with Crippen LogP contribution in [0.2, 0.25) is 0 Å². The molecule has 0 aliphatic heterocycles. The van der Waals surface area contributed by atoms with Crippen LogP contribution in [-0.4, -0.2) is 15.6 Å². The Labute approximate surface area is 96.6 Å². The fourth-order valence-corrected chi connectivity index (χ4v) is 1.55. The molecule has 88 valence electrons. The molecule has 0 atom stereocenters. The van der Waals surface area contributed by atoms with Crippen molar-refractivity contribution in [3.63, 3.8) is 0 Å². The predicted molar refractivity (Wildman–Crippen MR) is 62.7 cm³/mol. The lowest BCUT2D eigenvalue weighted by Crippen LogP contribution is -2.08. The normalized spacial score (nSPS) is 12.0. The fraction of sp³-hybridized carbons (Fsp3) is 0.167. The third kappa shape index (κ3) is 1.99. The van der Waals surface area contributed by atoms with E-state index >= 15 is 0 Å². The van der Waals surface area contributed by atoms with Crippen LogP contribution in [0.4, 0.5) is 0 Å². The van der Waals surface area contributed by atoms with E-state index in [-0.39, 0.29) is 5.57 Å². The number of carbonyl (C=O) groups is 1. The number of aromatic nitrogens is 1. The van der Waals surface area contributed by atoms with E-state index < -0.39 is 11.7 Å². The van der Waals surface area contributed by atoms with E-state index in [9.17, 15) is 9.59 Å². The van der Waals surface area contributed by atoms with Crippen LogP contribution in [0.5, 0.6) is 0 Å². The first-order valence-electron chi connectivity index (χ1n) is 5.00. The zero-order chi connectivity index (χ0) is 12.6. The smallest absolute Gasteiger partial charge is 0.419 e. The second kappa shape index (κ2) is 3.93. The van der Waals surface area contributed by atoms with E-state index in [1.165, 1.54) is 17.6 Å². The first kappa shape index (κ1) is 11.2. The molecular formula is C12H11NO4. The maximum atomic E-state index is 11.3. The molecule has 1 aromatic heterocycles. The molecular weight excluding hydrogens is 222 g/mol. The van der Waals surface area contributed by atoms with Crippen LogP contribution in [0.3, 0.4) is 0 Å². The lowest BCUT2D eigenvalue weighted by molar-refractivity contribution is -0.132. The van der Waals surface area contributed by atoms with Gasteiger partial charge in [0.1, 0.15) is 0 Å². The van der Waals surface area contributed by atoms with Crippen molar-refractivity contribution < 1.29 is 14.3 Å². The Morgan fingerprint density at radius 2 is 2.18 bits per heavy atom. The average molecular weight is 233 g/mol. The van der Waals surface area contributed by atoms with Gasteiger partial charge in [-0.25, -0.2) is 9.59 Å². The number of nitrogens with zero attached hydrogens (tertiary/aromatic N) is 1. The van der Waals surface area contributed by atoms with Crippen LogP contribution in [0.15, 0.2) is 33.0 Å². The summed E-state index contributed by atoms with van der Waals surface area (Å²) in [5, 5.41) is 8.76. The van der Waals surface area contributed by atoms with Crippen molar-refractivity contribution >= 4 is 23.1 Å². The molecule has 1 aromatic carbocycles. The minimum absolute atomic E-state index is 0.225. The molecule has 5 heteroatoms. The molecule has 5 nitrogen and oxygen atoms in total. The molecule has 1 N–H and O–H groups in total. The number of hydrogen-bond donors (Lipinski definition) is 1. The van der Waals surface area contributed by atoms with Gasteiger partial charge in [0.05, 0.1) is 5.52 Å². The van der Waals surface area contributed by atoms with Crippen molar-refractivity contribution in [1.29, 1.82) is 0 Å². The van der Waals surface area contributed by atoms with Gasteiger partial charge in [0.2, 0.25) is 0 Å². The highest BCUT2D eigenvalue weighted by Gasteiger charge is 2.06. The quantitative estimate of drug-likeness (QED) is 0.800. The largest absolute Gasteiger partial charge is 0.478 e. The van der Waals surface area contributed by atoms with Gasteiger partial charge in [-0.05, 0) is 30.7 Å². The van der Waals surface area contributed by atoms with E-state index in [2.05, 4.69) is 0 Å². The Bertz CT molecular complexity index is 675. The summed E-state index contributed by atoms with van der Waals surface area (Å²) in [5.41, 5.74) is 2.04. The number of benzene rings is 1. The number of oxazole rings is 1. The number of rotatable bonds is 2. The van der Waals surface area contributed by atoms with E-state index in [4.69, 9.17) is 9.52 Å². The van der Waals surface area contributed by atoms with Crippen LogP contribution >= 0.6 is 0 Å². The highest BCUT2D eigenvalue weighted by molar-refractivity contribution is 5.92. The number of aliphatic carboxylic acids is 1. The van der Waals surface area contributed by atoms with Crippen LogP contribution < -0.4 is 5.76 Å². The Hall–Kier alpha value is -2.30. The summed E-state index contributed by atoms with van der Waals surface area (Å²) < 4.78 is 6.41. The third-order valence-corrected chi connectivity index (χ3v) is 2.54. The highest BCUT2D eigenvalue weighted by Crippen LogP contribution is 2.16. The lowest BCUT2D eigenvalue weighted by Gasteiger charge is -1.96. The number of carboxylic acid groups (broad SMARTS) is 1. The second-order valence-electron chi connectivity index (χ2n) is 3.79. The lowest BCUT2D eigenvalue weighted by atomic mass is 10.1. The Kier molecular flexibility index (Phi) is 2.59. The molecule has 17 heavy (non-hydrogen) atoms. The molecule has 0 saturated carbocycles. The van der Waals surface area contributed by atoms with Gasteiger partial charge in [-0.2, -0.15) is 0 Å². The number of carboxylic acids is 1. The van der Waals surface area contributed by atoms with Gasteiger partial charge in [0, 0.05) is 12.6 Å². The van der Waals surface area contributed by atoms with Gasteiger partial charge < -0.3 is 9.52 Å². The molecule has 0 aliphatic carbocycles. The minimum Gasteiger partial charge on any atom is -0.478 e. The minimum atomic E-state index is -0.973.